The van der Waals surface area contributed by atoms with E-state index in [1.807, 2.05) is 67.6 Å². The Balaban J connectivity index is 1.59. The molecule has 0 aliphatic carbocycles. The van der Waals surface area contributed by atoms with Gasteiger partial charge in [0, 0.05) is 5.02 Å². The fourth-order valence-electron chi connectivity index (χ4n) is 3.09. The lowest BCUT2D eigenvalue weighted by Crippen LogP contribution is -2.31. The van der Waals surface area contributed by atoms with E-state index in [2.05, 4.69) is 5.32 Å². The zero-order chi connectivity index (χ0) is 20.6. The molecule has 29 heavy (non-hydrogen) atoms. The maximum atomic E-state index is 12.5. The summed E-state index contributed by atoms with van der Waals surface area (Å²) in [5.74, 6) is -0.900. The second kappa shape index (κ2) is 9.89. The Morgan fingerprint density at radius 3 is 2.34 bits per heavy atom. The van der Waals surface area contributed by atoms with E-state index in [1.54, 1.807) is 18.2 Å². The van der Waals surface area contributed by atoms with Crippen LogP contribution in [0.4, 0.5) is 0 Å². The normalized spacial score (nSPS) is 11.5. The van der Waals surface area contributed by atoms with Crippen molar-refractivity contribution < 1.29 is 14.3 Å². The lowest BCUT2D eigenvalue weighted by molar-refractivity contribution is -0.124. The van der Waals surface area contributed by atoms with Crippen molar-refractivity contribution in [3.8, 4) is 0 Å². The number of hydrogen-bond acceptors (Lipinski definition) is 3. The Labute approximate surface area is 175 Å². The van der Waals surface area contributed by atoms with Crippen LogP contribution in [0.25, 0.3) is 0 Å². The zero-order valence-electron chi connectivity index (χ0n) is 16.1. The number of nitrogens with one attached hydrogen (secondary N) is 1. The molecule has 0 aromatic heterocycles. The summed E-state index contributed by atoms with van der Waals surface area (Å²) < 4.78 is 5.25. The van der Waals surface area contributed by atoms with Gasteiger partial charge in [-0.3, -0.25) is 4.79 Å². The van der Waals surface area contributed by atoms with Crippen molar-refractivity contribution in [3.63, 3.8) is 0 Å². The first-order chi connectivity index (χ1) is 14.0. The molecule has 4 nitrogen and oxygen atoms in total. The van der Waals surface area contributed by atoms with Crippen LogP contribution in [0.15, 0.2) is 78.9 Å². The summed E-state index contributed by atoms with van der Waals surface area (Å²) in [7, 11) is 0. The second-order valence-electron chi connectivity index (χ2n) is 6.71. The predicted octanol–water partition coefficient (Wildman–Crippen LogP) is 4.97. The van der Waals surface area contributed by atoms with Gasteiger partial charge >= 0.3 is 5.97 Å². The average molecular weight is 408 g/mol. The minimum atomic E-state index is -0.517. The van der Waals surface area contributed by atoms with E-state index in [1.165, 1.54) is 0 Å². The molecule has 0 radical (unpaired) electrons. The van der Waals surface area contributed by atoms with Gasteiger partial charge in [-0.2, -0.15) is 0 Å². The molecule has 0 unspecified atom stereocenters. The Hall–Kier alpha value is -3.11. The van der Waals surface area contributed by atoms with Crippen LogP contribution in [0, 0.1) is 0 Å². The smallest absolute Gasteiger partial charge is 0.338 e. The van der Waals surface area contributed by atoms with Gasteiger partial charge in [0.2, 0.25) is 0 Å². The van der Waals surface area contributed by atoms with Gasteiger partial charge in [0.1, 0.15) is 0 Å². The minimum absolute atomic E-state index is 0.291. The maximum absolute atomic E-state index is 12.5. The lowest BCUT2D eigenvalue weighted by atomic mass is 10.00. The average Bonchev–Trinajstić information content (AvgIpc) is 2.73. The fourth-order valence-corrected chi connectivity index (χ4v) is 3.38. The van der Waals surface area contributed by atoms with Crippen LogP contribution >= 0.6 is 11.6 Å². The van der Waals surface area contributed by atoms with Gasteiger partial charge in [0.25, 0.3) is 5.91 Å². The minimum Gasteiger partial charge on any atom is -0.452 e. The largest absolute Gasteiger partial charge is 0.452 e. The molecule has 1 amide bonds. The molecule has 3 rings (SSSR count). The number of benzene rings is 3. The highest BCUT2D eigenvalue weighted by Gasteiger charge is 2.16. The standard InChI is InChI=1S/C24H22ClNO3/c1-17(20-12-7-8-14-22(20)25)26-23(27)16-29-24(28)21-13-6-5-11-19(21)15-18-9-3-2-4-10-18/h2-14,17H,15-16H2,1H3,(H,26,27)/t17-/m1/s1. The Morgan fingerprint density at radius 2 is 1.59 bits per heavy atom. The number of esters is 1. The molecule has 0 fully saturated rings. The molecule has 0 spiro atoms. The molecule has 3 aromatic carbocycles. The molecule has 1 N–H and O–H groups in total. The molecule has 0 heterocycles. The van der Waals surface area contributed by atoms with Crippen molar-refractivity contribution in [1.29, 1.82) is 0 Å². The number of carbonyl (C=O) groups is 2. The van der Waals surface area contributed by atoms with E-state index >= 15 is 0 Å². The molecule has 1 atom stereocenters. The Bertz CT molecular complexity index is 988. The fraction of sp³-hybridized carbons (Fsp3) is 0.167. The third-order valence-corrected chi connectivity index (χ3v) is 4.90. The van der Waals surface area contributed by atoms with Gasteiger partial charge in [-0.1, -0.05) is 78.3 Å². The number of amides is 1. The second-order valence-corrected chi connectivity index (χ2v) is 7.11. The highest BCUT2D eigenvalue weighted by molar-refractivity contribution is 6.31. The maximum Gasteiger partial charge on any atom is 0.338 e. The van der Waals surface area contributed by atoms with Crippen LogP contribution in [0.3, 0.4) is 0 Å². The van der Waals surface area contributed by atoms with Gasteiger partial charge in [-0.15, -0.1) is 0 Å². The van der Waals surface area contributed by atoms with E-state index in [4.69, 9.17) is 16.3 Å². The van der Waals surface area contributed by atoms with Crippen molar-refractivity contribution in [2.75, 3.05) is 6.61 Å². The summed E-state index contributed by atoms with van der Waals surface area (Å²) in [5, 5.41) is 3.37. The first-order valence-corrected chi connectivity index (χ1v) is 9.75. The van der Waals surface area contributed by atoms with Crippen molar-refractivity contribution in [3.05, 3.63) is 106 Å². The zero-order valence-corrected chi connectivity index (χ0v) is 16.9. The van der Waals surface area contributed by atoms with Crippen LogP contribution in [0.2, 0.25) is 5.02 Å². The van der Waals surface area contributed by atoms with E-state index in [0.717, 1.165) is 16.7 Å². The molecule has 5 heteroatoms. The van der Waals surface area contributed by atoms with Gasteiger partial charge in [0.05, 0.1) is 11.6 Å². The predicted molar refractivity (Wildman–Crippen MR) is 114 cm³/mol. The highest BCUT2D eigenvalue weighted by atomic mass is 35.5. The summed E-state index contributed by atoms with van der Waals surface area (Å²) in [5.41, 5.74) is 3.22. The molecule has 3 aromatic rings. The Morgan fingerprint density at radius 1 is 0.931 bits per heavy atom. The van der Waals surface area contributed by atoms with Gasteiger partial charge < -0.3 is 10.1 Å². The van der Waals surface area contributed by atoms with Gasteiger partial charge in [-0.25, -0.2) is 4.79 Å². The summed E-state index contributed by atoms with van der Waals surface area (Å²) in [6, 6.07) is 24.2. The van der Waals surface area contributed by atoms with E-state index < -0.39 is 5.97 Å². The van der Waals surface area contributed by atoms with E-state index in [0.29, 0.717) is 17.0 Å². The van der Waals surface area contributed by atoms with Crippen LogP contribution in [-0.2, 0) is 16.0 Å². The van der Waals surface area contributed by atoms with Crippen molar-refractivity contribution in [1.82, 2.24) is 5.32 Å². The first-order valence-electron chi connectivity index (χ1n) is 9.37. The topological polar surface area (TPSA) is 55.4 Å². The summed E-state index contributed by atoms with van der Waals surface area (Å²) >= 11 is 6.16. The number of rotatable bonds is 7. The molecular weight excluding hydrogens is 386 g/mol. The van der Waals surface area contributed by atoms with Crippen molar-refractivity contribution in [2.45, 2.75) is 19.4 Å². The molecule has 148 valence electrons. The molecule has 0 aliphatic heterocycles. The molecule has 0 bridgehead atoms. The SMILES string of the molecule is C[C@@H](NC(=O)COC(=O)c1ccccc1Cc1ccccc1)c1ccccc1Cl. The molecule has 0 saturated heterocycles. The van der Waals surface area contributed by atoms with Gasteiger partial charge in [-0.05, 0) is 42.2 Å². The first kappa shape index (κ1) is 20.6. The van der Waals surface area contributed by atoms with Crippen molar-refractivity contribution in [2.24, 2.45) is 0 Å². The summed E-state index contributed by atoms with van der Waals surface area (Å²) in [6.45, 7) is 1.48. The molecule has 0 saturated carbocycles. The molecular formula is C24H22ClNO3. The lowest BCUT2D eigenvalue weighted by Gasteiger charge is -2.16. The van der Waals surface area contributed by atoms with E-state index in [9.17, 15) is 9.59 Å². The quantitative estimate of drug-likeness (QED) is 0.563. The van der Waals surface area contributed by atoms with E-state index in [-0.39, 0.29) is 18.6 Å². The molecule has 0 aliphatic rings. The van der Waals surface area contributed by atoms with Crippen LogP contribution < -0.4 is 5.32 Å². The van der Waals surface area contributed by atoms with Crippen LogP contribution in [-0.4, -0.2) is 18.5 Å². The third kappa shape index (κ3) is 5.69. The summed E-state index contributed by atoms with van der Waals surface area (Å²) in [6.07, 6.45) is 0.613. The third-order valence-electron chi connectivity index (χ3n) is 4.56. The number of halogens is 1. The Kier molecular flexibility index (Phi) is 7.04. The highest BCUT2D eigenvalue weighted by Crippen LogP contribution is 2.22. The monoisotopic (exact) mass is 407 g/mol. The summed E-state index contributed by atoms with van der Waals surface area (Å²) in [4.78, 5) is 24.8. The van der Waals surface area contributed by atoms with Crippen molar-refractivity contribution >= 4 is 23.5 Å². The van der Waals surface area contributed by atoms with Gasteiger partial charge in [0.15, 0.2) is 6.61 Å². The van der Waals surface area contributed by atoms with Crippen LogP contribution in [0.5, 0.6) is 0 Å². The number of hydrogen-bond donors (Lipinski definition) is 1. The number of ether oxygens (including phenoxy) is 1. The van der Waals surface area contributed by atoms with Crippen LogP contribution in [0.1, 0.15) is 40.0 Å². The number of carbonyl (C=O) groups excluding carboxylic acids is 2.